The molecule has 168 valence electrons. The third-order valence-corrected chi connectivity index (χ3v) is 8.72. The Labute approximate surface area is 182 Å². The van der Waals surface area contributed by atoms with Crippen LogP contribution in [0.4, 0.5) is 0 Å². The Kier molecular flexibility index (Phi) is 5.10. The number of sulfonamides is 1. The topological polar surface area (TPSA) is 95.7 Å². The maximum absolute atomic E-state index is 13.3. The second kappa shape index (κ2) is 7.56. The zero-order valence-electron chi connectivity index (χ0n) is 17.9. The summed E-state index contributed by atoms with van der Waals surface area (Å²) >= 11 is 0. The van der Waals surface area contributed by atoms with E-state index in [-0.39, 0.29) is 23.9 Å². The summed E-state index contributed by atoms with van der Waals surface area (Å²) < 4.78 is 27.1. The summed E-state index contributed by atoms with van der Waals surface area (Å²) in [6, 6.07) is 4.13. The van der Waals surface area contributed by atoms with Gasteiger partial charge in [-0.1, -0.05) is 0 Å². The smallest absolute Gasteiger partial charge is 0.226 e. The minimum absolute atomic E-state index is 0.0594. The van der Waals surface area contributed by atoms with Gasteiger partial charge in [-0.05, 0) is 50.7 Å². The summed E-state index contributed by atoms with van der Waals surface area (Å²) in [6.07, 6.45) is 11.0. The van der Waals surface area contributed by atoms with Crippen molar-refractivity contribution < 1.29 is 18.3 Å². The molecule has 5 heterocycles. The molecule has 3 aliphatic rings. The molecule has 0 radical (unpaired) electrons. The molecule has 3 aliphatic heterocycles. The molecular formula is C22H30N4O4S. The van der Waals surface area contributed by atoms with E-state index < -0.39 is 15.6 Å². The van der Waals surface area contributed by atoms with Gasteiger partial charge < -0.3 is 14.6 Å². The molecule has 8 nitrogen and oxygen atoms in total. The van der Waals surface area contributed by atoms with E-state index in [1.807, 2.05) is 29.4 Å². The summed E-state index contributed by atoms with van der Waals surface area (Å²) in [6.45, 7) is 1.33. The molecule has 3 atom stereocenters. The number of amides is 1. The van der Waals surface area contributed by atoms with Gasteiger partial charge in [-0.3, -0.25) is 9.78 Å². The average Bonchev–Trinajstić information content (AvgIpc) is 3.26. The first-order valence-corrected chi connectivity index (χ1v) is 13.0. The fourth-order valence-electron chi connectivity index (χ4n) is 5.94. The fourth-order valence-corrected chi connectivity index (χ4v) is 6.81. The van der Waals surface area contributed by atoms with Crippen LogP contribution in [-0.4, -0.2) is 75.2 Å². The van der Waals surface area contributed by atoms with Gasteiger partial charge in [0.15, 0.2) is 0 Å². The van der Waals surface area contributed by atoms with Crippen LogP contribution in [0.15, 0.2) is 30.7 Å². The summed E-state index contributed by atoms with van der Waals surface area (Å²) in [5.41, 5.74) is 0.170. The standard InChI is InChI=1S/C22H30N4O4S/c1-31(29,30)25-10-6-17(7-11-25)21(27)26-18-2-3-19(26)13-22(28,12-18)15-24-9-5-16-4-8-23-14-20(16)24/h4-5,8-9,14,17-19,28H,2-3,6-7,10-13,15H2,1H3/t18-,19+,22?. The highest BCUT2D eigenvalue weighted by molar-refractivity contribution is 7.88. The van der Waals surface area contributed by atoms with Crippen LogP contribution in [0.25, 0.3) is 10.9 Å². The predicted octanol–water partition coefficient (Wildman–Crippen LogP) is 1.59. The number of hydrogen-bond donors (Lipinski definition) is 1. The lowest BCUT2D eigenvalue weighted by atomic mass is 9.84. The van der Waals surface area contributed by atoms with Crippen molar-refractivity contribution in [3.8, 4) is 0 Å². The predicted molar refractivity (Wildman–Crippen MR) is 117 cm³/mol. The van der Waals surface area contributed by atoms with Crippen LogP contribution in [-0.2, 0) is 21.4 Å². The van der Waals surface area contributed by atoms with Crippen molar-refractivity contribution >= 4 is 26.8 Å². The molecule has 1 unspecified atom stereocenters. The van der Waals surface area contributed by atoms with Gasteiger partial charge in [0.2, 0.25) is 15.9 Å². The van der Waals surface area contributed by atoms with Crippen LogP contribution in [0.3, 0.4) is 0 Å². The van der Waals surface area contributed by atoms with Gasteiger partial charge in [0.25, 0.3) is 0 Å². The van der Waals surface area contributed by atoms with Crippen molar-refractivity contribution in [3.63, 3.8) is 0 Å². The number of rotatable bonds is 4. The molecular weight excluding hydrogens is 416 g/mol. The highest BCUT2D eigenvalue weighted by Gasteiger charge is 2.50. The SMILES string of the molecule is CS(=O)(=O)N1CCC(C(=O)N2[C@@H]3CC[C@H]2CC(O)(Cn2ccc4ccncc42)C3)CC1. The lowest BCUT2D eigenvalue weighted by Crippen LogP contribution is -2.56. The quantitative estimate of drug-likeness (QED) is 0.770. The van der Waals surface area contributed by atoms with Crippen molar-refractivity contribution in [2.24, 2.45) is 5.92 Å². The third kappa shape index (κ3) is 3.87. The number of pyridine rings is 1. The molecule has 2 aromatic rings. The zero-order valence-corrected chi connectivity index (χ0v) is 18.7. The first kappa shape index (κ1) is 20.9. The van der Waals surface area contributed by atoms with Crippen LogP contribution in [0.1, 0.15) is 38.5 Å². The van der Waals surface area contributed by atoms with Crippen molar-refractivity contribution in [1.29, 1.82) is 0 Å². The van der Waals surface area contributed by atoms with Gasteiger partial charge in [-0.2, -0.15) is 0 Å². The monoisotopic (exact) mass is 446 g/mol. The number of carbonyl (C=O) groups is 1. The van der Waals surface area contributed by atoms with Gasteiger partial charge in [0.05, 0.1) is 30.1 Å². The molecule has 1 amide bonds. The van der Waals surface area contributed by atoms with E-state index in [0.717, 1.165) is 23.7 Å². The number of fused-ring (bicyclic) bond motifs is 3. The van der Waals surface area contributed by atoms with Crippen molar-refractivity contribution in [3.05, 3.63) is 30.7 Å². The highest BCUT2D eigenvalue weighted by Crippen LogP contribution is 2.43. The van der Waals surface area contributed by atoms with E-state index in [0.29, 0.717) is 45.3 Å². The van der Waals surface area contributed by atoms with E-state index in [4.69, 9.17) is 0 Å². The van der Waals surface area contributed by atoms with Crippen LogP contribution in [0.2, 0.25) is 0 Å². The van der Waals surface area contributed by atoms with Crippen LogP contribution < -0.4 is 0 Å². The Morgan fingerprint density at radius 3 is 2.48 bits per heavy atom. The molecule has 2 bridgehead atoms. The van der Waals surface area contributed by atoms with E-state index >= 15 is 0 Å². The fraction of sp³-hybridized carbons (Fsp3) is 0.636. The van der Waals surface area contributed by atoms with Crippen molar-refractivity contribution in [2.45, 2.75) is 62.8 Å². The minimum Gasteiger partial charge on any atom is -0.388 e. The molecule has 0 aliphatic carbocycles. The number of piperidine rings is 2. The Morgan fingerprint density at radius 2 is 1.84 bits per heavy atom. The van der Waals surface area contributed by atoms with Gasteiger partial charge >= 0.3 is 0 Å². The molecule has 1 N–H and O–H groups in total. The van der Waals surface area contributed by atoms with Gasteiger partial charge in [0.1, 0.15) is 0 Å². The molecule has 3 saturated heterocycles. The summed E-state index contributed by atoms with van der Waals surface area (Å²) in [5.74, 6) is 0.0325. The summed E-state index contributed by atoms with van der Waals surface area (Å²) in [5, 5.41) is 12.6. The van der Waals surface area contributed by atoms with Crippen molar-refractivity contribution in [1.82, 2.24) is 18.8 Å². The zero-order chi connectivity index (χ0) is 21.8. The molecule has 0 spiro atoms. The molecule has 5 rings (SSSR count). The van der Waals surface area contributed by atoms with Crippen LogP contribution in [0, 0.1) is 5.92 Å². The first-order valence-electron chi connectivity index (χ1n) is 11.1. The normalized spacial score (nSPS) is 30.2. The summed E-state index contributed by atoms with van der Waals surface area (Å²) in [7, 11) is -3.20. The first-order chi connectivity index (χ1) is 14.7. The van der Waals surface area contributed by atoms with E-state index in [1.165, 1.54) is 10.6 Å². The van der Waals surface area contributed by atoms with Gasteiger partial charge in [-0.25, -0.2) is 12.7 Å². The van der Waals surface area contributed by atoms with Crippen LogP contribution >= 0.6 is 0 Å². The van der Waals surface area contributed by atoms with Crippen LogP contribution in [0.5, 0.6) is 0 Å². The Bertz CT molecular complexity index is 1080. The number of carbonyl (C=O) groups excluding carboxylic acids is 1. The lowest BCUT2D eigenvalue weighted by molar-refractivity contribution is -0.147. The molecule has 9 heteroatoms. The average molecular weight is 447 g/mol. The maximum atomic E-state index is 13.3. The lowest BCUT2D eigenvalue weighted by Gasteiger charge is -2.45. The molecule has 31 heavy (non-hydrogen) atoms. The Hall–Kier alpha value is -1.97. The molecule has 2 aromatic heterocycles. The molecule has 3 fully saturated rings. The number of aliphatic hydroxyl groups is 1. The van der Waals surface area contributed by atoms with E-state index in [9.17, 15) is 18.3 Å². The highest BCUT2D eigenvalue weighted by atomic mass is 32.2. The third-order valence-electron chi connectivity index (χ3n) is 7.42. The maximum Gasteiger partial charge on any atom is 0.226 e. The van der Waals surface area contributed by atoms with Gasteiger partial charge in [-0.15, -0.1) is 0 Å². The second-order valence-electron chi connectivity index (χ2n) is 9.58. The number of nitrogens with zero attached hydrogens (tertiary/aromatic N) is 4. The molecule has 0 saturated carbocycles. The minimum atomic E-state index is -3.20. The Morgan fingerprint density at radius 1 is 1.16 bits per heavy atom. The number of hydrogen-bond acceptors (Lipinski definition) is 5. The van der Waals surface area contributed by atoms with E-state index in [2.05, 4.69) is 9.55 Å². The largest absolute Gasteiger partial charge is 0.388 e. The Balaban J connectivity index is 1.27. The van der Waals surface area contributed by atoms with E-state index in [1.54, 1.807) is 6.20 Å². The van der Waals surface area contributed by atoms with Crippen molar-refractivity contribution in [2.75, 3.05) is 19.3 Å². The molecule has 0 aromatic carbocycles. The second-order valence-corrected chi connectivity index (χ2v) is 11.6. The summed E-state index contributed by atoms with van der Waals surface area (Å²) in [4.78, 5) is 19.6. The van der Waals surface area contributed by atoms with Gasteiger partial charge in [0, 0.05) is 48.9 Å². The number of aromatic nitrogens is 2.